The molecule has 10 heteroatoms. The molecule has 142 valence electrons. The molecule has 2 saturated heterocycles. The van der Waals surface area contributed by atoms with Crippen molar-refractivity contribution >= 4 is 29.3 Å². The Morgan fingerprint density at radius 3 is 2.37 bits per heavy atom. The fraction of sp³-hybridized carbons (Fsp3) is 0.412. The lowest BCUT2D eigenvalue weighted by Crippen LogP contribution is -2.65. The number of Topliss-reactive ketones (excluding diaryl/α,β-unsaturated/α-hetero) is 1. The fourth-order valence-electron chi connectivity index (χ4n) is 3.61. The zero-order valence-corrected chi connectivity index (χ0v) is 14.4. The molecule has 3 rings (SSSR count). The minimum absolute atomic E-state index is 0.110. The van der Waals surface area contributed by atoms with Gasteiger partial charge in [-0.3, -0.25) is 19.7 Å². The topological polar surface area (TPSA) is 144 Å². The first-order chi connectivity index (χ1) is 12.6. The predicted molar refractivity (Wildman–Crippen MR) is 87.3 cm³/mol. The van der Waals surface area contributed by atoms with E-state index >= 15 is 0 Å². The number of nitro groups is 1. The second-order valence-corrected chi connectivity index (χ2v) is 6.61. The highest BCUT2D eigenvalue weighted by Gasteiger charge is 2.64. The van der Waals surface area contributed by atoms with Crippen molar-refractivity contribution < 1.29 is 33.9 Å². The highest BCUT2D eigenvalue weighted by Crippen LogP contribution is 2.43. The number of carbonyl (C=O) groups excluding carboxylic acids is 4. The molecule has 2 fully saturated rings. The van der Waals surface area contributed by atoms with Crippen LogP contribution >= 0.6 is 0 Å². The van der Waals surface area contributed by atoms with Gasteiger partial charge in [0.25, 0.3) is 5.69 Å². The van der Waals surface area contributed by atoms with E-state index in [0.717, 1.165) is 29.2 Å². The number of non-ortho nitro benzene ring substituents is 1. The van der Waals surface area contributed by atoms with Gasteiger partial charge in [-0.25, -0.2) is 9.59 Å². The summed E-state index contributed by atoms with van der Waals surface area (Å²) in [6.45, 7) is 2.98. The minimum Gasteiger partial charge on any atom is -0.393 e. The molecular formula is C17H16N2O8. The number of ketones is 1. The SMILES string of the molecule is C[C@H]1C(=O)C(C(=O)OC(=O)c2ccc([N+](=O)[O-])cc2)N2C(=O)[C@H]([C@@H](C)O)C12. The zero-order chi connectivity index (χ0) is 20.0. The molecule has 0 aromatic heterocycles. The van der Waals surface area contributed by atoms with Crippen molar-refractivity contribution in [2.45, 2.75) is 32.0 Å². The monoisotopic (exact) mass is 376 g/mol. The average Bonchev–Trinajstić information content (AvgIpc) is 2.83. The van der Waals surface area contributed by atoms with Crippen molar-refractivity contribution in [2.24, 2.45) is 11.8 Å². The van der Waals surface area contributed by atoms with Crippen LogP contribution in [0.2, 0.25) is 0 Å². The third-order valence-electron chi connectivity index (χ3n) is 4.99. The van der Waals surface area contributed by atoms with E-state index in [0.29, 0.717) is 0 Å². The van der Waals surface area contributed by atoms with Crippen LogP contribution in [0.15, 0.2) is 24.3 Å². The van der Waals surface area contributed by atoms with Crippen LogP contribution in [0, 0.1) is 22.0 Å². The largest absolute Gasteiger partial charge is 0.393 e. The third-order valence-corrected chi connectivity index (χ3v) is 4.99. The summed E-state index contributed by atoms with van der Waals surface area (Å²) in [5, 5.41) is 20.3. The van der Waals surface area contributed by atoms with Crippen LogP contribution in [-0.4, -0.2) is 56.7 Å². The van der Waals surface area contributed by atoms with Gasteiger partial charge in [-0.2, -0.15) is 0 Å². The number of hydrogen-bond donors (Lipinski definition) is 1. The van der Waals surface area contributed by atoms with Crippen molar-refractivity contribution in [2.75, 3.05) is 0 Å². The number of hydrogen-bond acceptors (Lipinski definition) is 8. The predicted octanol–water partition coefficient (Wildman–Crippen LogP) is 0.0734. The summed E-state index contributed by atoms with van der Waals surface area (Å²) in [6.07, 6.45) is -0.967. The maximum Gasteiger partial charge on any atom is 0.345 e. The van der Waals surface area contributed by atoms with Gasteiger partial charge in [0.2, 0.25) is 5.91 Å². The fourth-order valence-corrected chi connectivity index (χ4v) is 3.61. The number of β-lactam (4-membered cyclic amide) rings is 1. The van der Waals surface area contributed by atoms with E-state index in [4.69, 9.17) is 4.74 Å². The van der Waals surface area contributed by atoms with Crippen LogP contribution in [-0.2, 0) is 19.1 Å². The van der Waals surface area contributed by atoms with E-state index in [1.165, 1.54) is 6.92 Å². The molecule has 2 unspecified atom stereocenters. The van der Waals surface area contributed by atoms with Gasteiger partial charge in [-0.1, -0.05) is 6.92 Å². The maximum absolute atomic E-state index is 12.4. The van der Waals surface area contributed by atoms with E-state index in [1.807, 2.05) is 0 Å². The number of ether oxygens (including phenoxy) is 1. The molecule has 1 aromatic carbocycles. The van der Waals surface area contributed by atoms with E-state index in [-0.39, 0.29) is 11.3 Å². The summed E-state index contributed by atoms with van der Waals surface area (Å²) in [6, 6.07) is 2.24. The minimum atomic E-state index is -1.53. The van der Waals surface area contributed by atoms with Crippen LogP contribution in [0.25, 0.3) is 0 Å². The summed E-state index contributed by atoms with van der Waals surface area (Å²) in [5.41, 5.74) is -0.350. The summed E-state index contributed by atoms with van der Waals surface area (Å²) >= 11 is 0. The molecule has 2 heterocycles. The molecule has 2 aliphatic rings. The van der Waals surface area contributed by atoms with Crippen molar-refractivity contribution in [1.29, 1.82) is 0 Å². The van der Waals surface area contributed by atoms with Crippen molar-refractivity contribution in [3.8, 4) is 0 Å². The lowest BCUT2D eigenvalue weighted by Gasteiger charge is -2.46. The molecule has 1 aromatic rings. The Balaban J connectivity index is 1.74. The molecule has 1 N–H and O–H groups in total. The highest BCUT2D eigenvalue weighted by molar-refractivity contribution is 6.14. The standard InChI is InChI=1S/C17H16N2O8/c1-7-12-11(8(2)20)15(22)18(12)13(14(7)21)17(24)27-16(23)9-3-5-10(6-4-9)19(25)26/h3-8,11-13,20H,1-2H3/t7-,8-,11-,12?,13?/m1/s1. The number of carbonyl (C=O) groups is 4. The number of esters is 2. The van der Waals surface area contributed by atoms with Crippen molar-refractivity contribution in [3.05, 3.63) is 39.9 Å². The van der Waals surface area contributed by atoms with Crippen molar-refractivity contribution in [3.63, 3.8) is 0 Å². The Hall–Kier alpha value is -3.14. The number of rotatable bonds is 4. The number of nitrogens with zero attached hydrogens (tertiary/aromatic N) is 2. The normalized spacial score (nSPS) is 27.6. The molecule has 27 heavy (non-hydrogen) atoms. The second-order valence-electron chi connectivity index (χ2n) is 6.61. The lowest BCUT2D eigenvalue weighted by atomic mass is 9.79. The van der Waals surface area contributed by atoms with Crippen LogP contribution < -0.4 is 0 Å². The number of aliphatic hydroxyl groups excluding tert-OH is 1. The Labute approximate surface area is 152 Å². The van der Waals surface area contributed by atoms with E-state index in [9.17, 15) is 34.4 Å². The van der Waals surface area contributed by atoms with Crippen LogP contribution in [0.4, 0.5) is 5.69 Å². The third kappa shape index (κ3) is 2.87. The summed E-state index contributed by atoms with van der Waals surface area (Å²) in [5.74, 6) is -4.81. The number of nitro benzene ring substituents is 1. The van der Waals surface area contributed by atoms with Gasteiger partial charge in [-0.15, -0.1) is 0 Å². The molecule has 0 saturated carbocycles. The molecule has 10 nitrogen and oxygen atoms in total. The number of fused-ring (bicyclic) bond motifs is 1. The van der Waals surface area contributed by atoms with Gasteiger partial charge in [0.1, 0.15) is 0 Å². The smallest absolute Gasteiger partial charge is 0.345 e. The molecule has 2 aliphatic heterocycles. The second kappa shape index (κ2) is 6.54. The molecule has 0 spiro atoms. The van der Waals surface area contributed by atoms with E-state index in [2.05, 4.69) is 0 Å². The van der Waals surface area contributed by atoms with Crippen LogP contribution in [0.3, 0.4) is 0 Å². The number of amides is 1. The first-order valence-electron chi connectivity index (χ1n) is 8.19. The van der Waals surface area contributed by atoms with Gasteiger partial charge >= 0.3 is 11.9 Å². The molecule has 0 aliphatic carbocycles. The van der Waals surface area contributed by atoms with Crippen LogP contribution in [0.1, 0.15) is 24.2 Å². The first kappa shape index (κ1) is 18.6. The molecule has 1 amide bonds. The number of aliphatic hydroxyl groups is 1. The van der Waals surface area contributed by atoms with E-state index < -0.39 is 58.6 Å². The zero-order valence-electron chi connectivity index (χ0n) is 14.4. The van der Waals surface area contributed by atoms with Gasteiger partial charge in [0, 0.05) is 18.1 Å². The molecular weight excluding hydrogens is 360 g/mol. The molecule has 0 bridgehead atoms. The van der Waals surface area contributed by atoms with Gasteiger partial charge in [0.05, 0.1) is 28.6 Å². The summed E-state index contributed by atoms with van der Waals surface area (Å²) in [7, 11) is 0. The molecule has 0 radical (unpaired) electrons. The van der Waals surface area contributed by atoms with Gasteiger partial charge in [-0.05, 0) is 19.1 Å². The first-order valence-corrected chi connectivity index (χ1v) is 8.19. The average molecular weight is 376 g/mol. The Bertz CT molecular complexity index is 847. The quantitative estimate of drug-likeness (QED) is 0.256. The van der Waals surface area contributed by atoms with Crippen molar-refractivity contribution in [1.82, 2.24) is 4.90 Å². The lowest BCUT2D eigenvalue weighted by molar-refractivity contribution is -0.384. The highest BCUT2D eigenvalue weighted by atomic mass is 16.6. The van der Waals surface area contributed by atoms with Gasteiger partial charge < -0.3 is 14.7 Å². The maximum atomic E-state index is 12.4. The van der Waals surface area contributed by atoms with Crippen LogP contribution in [0.5, 0.6) is 0 Å². The Kier molecular flexibility index (Phi) is 4.52. The Morgan fingerprint density at radius 1 is 1.26 bits per heavy atom. The Morgan fingerprint density at radius 2 is 1.85 bits per heavy atom. The molecule has 5 atom stereocenters. The van der Waals surface area contributed by atoms with E-state index in [1.54, 1.807) is 6.92 Å². The van der Waals surface area contributed by atoms with Gasteiger partial charge in [0.15, 0.2) is 11.8 Å². The summed E-state index contributed by atoms with van der Waals surface area (Å²) in [4.78, 5) is 60.0. The number of benzene rings is 1. The summed E-state index contributed by atoms with van der Waals surface area (Å²) < 4.78 is 4.71.